The van der Waals surface area contributed by atoms with E-state index in [1.807, 2.05) is 0 Å². The van der Waals surface area contributed by atoms with Gasteiger partial charge < -0.3 is 4.74 Å². The summed E-state index contributed by atoms with van der Waals surface area (Å²) in [7, 11) is 0. The van der Waals surface area contributed by atoms with Gasteiger partial charge in [-0.1, -0.05) is 15.9 Å². The molecular weight excluding hydrogens is 344 g/mol. The summed E-state index contributed by atoms with van der Waals surface area (Å²) >= 11 is 3.22. The number of rotatable bonds is 2. The maximum Gasteiger partial charge on any atom is 0.397 e. The number of hydrogen-bond donors (Lipinski definition) is 0. The van der Waals surface area contributed by atoms with Gasteiger partial charge in [-0.25, -0.2) is 4.79 Å². The quantitative estimate of drug-likeness (QED) is 0.350. The zero-order valence-electron chi connectivity index (χ0n) is 11.3. The van der Waals surface area contributed by atoms with Crippen molar-refractivity contribution in [3.05, 3.63) is 32.3 Å². The van der Waals surface area contributed by atoms with Crippen LogP contribution in [0.15, 0.2) is 16.6 Å². The molecule has 0 fully saturated rings. The van der Waals surface area contributed by atoms with Crippen molar-refractivity contribution in [2.24, 2.45) is 0 Å². The molecule has 0 saturated carbocycles. The third kappa shape index (κ3) is 3.05. The van der Waals surface area contributed by atoms with Gasteiger partial charge in [0.25, 0.3) is 5.69 Å². The molecule has 0 saturated heterocycles. The summed E-state index contributed by atoms with van der Waals surface area (Å²) in [6.07, 6.45) is 1.24. The lowest BCUT2D eigenvalue weighted by Gasteiger charge is -2.28. The highest BCUT2D eigenvalue weighted by Gasteiger charge is 2.34. The van der Waals surface area contributed by atoms with Crippen molar-refractivity contribution in [3.8, 4) is 0 Å². The number of anilines is 1. The van der Waals surface area contributed by atoms with Gasteiger partial charge in [0.1, 0.15) is 5.69 Å². The van der Waals surface area contributed by atoms with Gasteiger partial charge in [0.05, 0.1) is 11.5 Å². The Hall–Kier alpha value is -1.96. The first kappa shape index (κ1) is 15.4. The lowest BCUT2D eigenvalue weighted by atomic mass is 10.0. The summed E-state index contributed by atoms with van der Waals surface area (Å²) in [6.45, 7) is 1.93. The summed E-state index contributed by atoms with van der Waals surface area (Å²) < 4.78 is 5.25. The van der Waals surface area contributed by atoms with Gasteiger partial charge in [0.2, 0.25) is 0 Å². The largest absolute Gasteiger partial charge is 0.459 e. The minimum atomic E-state index is -0.998. The average Bonchev–Trinajstić information content (AvgIpc) is 2.44. The molecule has 0 aromatic heterocycles. The molecule has 0 bridgehead atoms. The van der Waals surface area contributed by atoms with E-state index in [0.717, 1.165) is 4.90 Å². The number of hydrogen-bond acceptors (Lipinski definition) is 5. The third-order valence-corrected chi connectivity index (χ3v) is 3.58. The molecule has 2 rings (SSSR count). The number of aryl methyl sites for hydroxylation is 1. The second-order valence-electron chi connectivity index (χ2n) is 4.47. The molecule has 112 valence electrons. The van der Waals surface area contributed by atoms with E-state index >= 15 is 0 Å². The van der Waals surface area contributed by atoms with Crippen molar-refractivity contribution in [2.45, 2.75) is 19.8 Å². The first-order chi connectivity index (χ1) is 9.95. The molecule has 1 aromatic carbocycles. The van der Waals surface area contributed by atoms with Crippen molar-refractivity contribution in [1.82, 2.24) is 0 Å². The number of ether oxygens (including phenoxy) is 1. The average molecular weight is 357 g/mol. The van der Waals surface area contributed by atoms with E-state index in [1.54, 1.807) is 13.0 Å². The number of carbonyl (C=O) groups excluding carboxylic acids is 2. The van der Waals surface area contributed by atoms with Crippen molar-refractivity contribution in [1.29, 1.82) is 0 Å². The van der Waals surface area contributed by atoms with Crippen molar-refractivity contribution in [2.75, 3.05) is 18.1 Å². The molecule has 1 aliphatic rings. The van der Waals surface area contributed by atoms with Gasteiger partial charge in [-0.3, -0.25) is 19.8 Å². The second kappa shape index (κ2) is 6.21. The summed E-state index contributed by atoms with van der Waals surface area (Å²) in [5.41, 5.74) is 0.657. The number of halogens is 1. The number of nitrogens with zero attached hydrogens (tertiary/aromatic N) is 2. The molecule has 1 amide bonds. The number of fused-ring (bicyclic) bond motifs is 1. The summed E-state index contributed by atoms with van der Waals surface area (Å²) in [5.74, 6) is -1.87. The Labute approximate surface area is 129 Å². The van der Waals surface area contributed by atoms with Crippen LogP contribution in [0.25, 0.3) is 0 Å². The van der Waals surface area contributed by atoms with E-state index in [-0.39, 0.29) is 24.5 Å². The van der Waals surface area contributed by atoms with Crippen LogP contribution in [0.1, 0.15) is 18.9 Å². The van der Waals surface area contributed by atoms with E-state index in [4.69, 9.17) is 0 Å². The number of esters is 1. The Morgan fingerprint density at radius 1 is 1.48 bits per heavy atom. The molecule has 1 aromatic rings. The highest BCUT2D eigenvalue weighted by molar-refractivity contribution is 9.10. The summed E-state index contributed by atoms with van der Waals surface area (Å²) in [5, 5.41) is 11.2. The fourth-order valence-corrected chi connectivity index (χ4v) is 2.82. The van der Waals surface area contributed by atoms with Crippen LogP contribution in [0.2, 0.25) is 0 Å². The molecule has 0 aliphatic carbocycles. The molecule has 0 spiro atoms. The lowest BCUT2D eigenvalue weighted by Crippen LogP contribution is -2.41. The minimum absolute atomic E-state index is 0.0771. The molecule has 0 N–H and O–H groups in total. The number of carbonyl (C=O) groups is 2. The van der Waals surface area contributed by atoms with Gasteiger partial charge in [-0.15, -0.1) is 0 Å². The SMILES string of the molecule is CCOC(=O)C(=O)N1CCCc2cc(Br)cc([N+](=O)[O-])c21. The van der Waals surface area contributed by atoms with E-state index in [9.17, 15) is 19.7 Å². The molecule has 7 nitrogen and oxygen atoms in total. The second-order valence-corrected chi connectivity index (χ2v) is 5.39. The van der Waals surface area contributed by atoms with Crippen LogP contribution in [0.4, 0.5) is 11.4 Å². The molecular formula is C13H13BrN2O5. The Balaban J connectivity index is 2.49. The Morgan fingerprint density at radius 2 is 2.19 bits per heavy atom. The van der Waals surface area contributed by atoms with Gasteiger partial charge in [0.15, 0.2) is 0 Å². The zero-order chi connectivity index (χ0) is 15.6. The normalized spacial score (nSPS) is 13.5. The van der Waals surface area contributed by atoms with Crippen LogP contribution in [0.5, 0.6) is 0 Å². The molecule has 0 unspecified atom stereocenters. The fraction of sp³-hybridized carbons (Fsp3) is 0.385. The first-order valence-corrected chi connectivity index (χ1v) is 7.20. The van der Waals surface area contributed by atoms with Crippen LogP contribution in [0.3, 0.4) is 0 Å². The molecule has 1 aliphatic heterocycles. The van der Waals surface area contributed by atoms with Crippen LogP contribution in [-0.2, 0) is 20.7 Å². The van der Waals surface area contributed by atoms with Crippen molar-refractivity contribution in [3.63, 3.8) is 0 Å². The van der Waals surface area contributed by atoms with E-state index in [1.165, 1.54) is 6.07 Å². The van der Waals surface area contributed by atoms with E-state index < -0.39 is 16.8 Å². The predicted molar refractivity (Wildman–Crippen MR) is 78.1 cm³/mol. The number of benzene rings is 1. The highest BCUT2D eigenvalue weighted by atomic mass is 79.9. The smallest absolute Gasteiger partial charge is 0.397 e. The van der Waals surface area contributed by atoms with Crippen molar-refractivity contribution >= 4 is 39.2 Å². The topological polar surface area (TPSA) is 89.8 Å². The third-order valence-electron chi connectivity index (χ3n) is 3.12. The molecule has 8 heteroatoms. The van der Waals surface area contributed by atoms with Crippen molar-refractivity contribution < 1.29 is 19.2 Å². The first-order valence-electron chi connectivity index (χ1n) is 6.41. The standard InChI is InChI=1S/C13H13BrN2O5/c1-2-21-13(18)12(17)15-5-3-4-8-6-9(14)7-10(11(8)15)16(19)20/h6-7H,2-5H2,1H3. The lowest BCUT2D eigenvalue weighted by molar-refractivity contribution is -0.384. The minimum Gasteiger partial charge on any atom is -0.459 e. The van der Waals surface area contributed by atoms with Gasteiger partial charge in [-0.2, -0.15) is 0 Å². The monoisotopic (exact) mass is 356 g/mol. The maximum absolute atomic E-state index is 12.1. The summed E-state index contributed by atoms with van der Waals surface area (Å²) in [4.78, 5) is 35.5. The van der Waals surface area contributed by atoms with Crippen LogP contribution in [0, 0.1) is 10.1 Å². The number of nitro benzene ring substituents is 1. The number of amides is 1. The summed E-state index contributed by atoms with van der Waals surface area (Å²) in [6, 6.07) is 3.06. The highest BCUT2D eigenvalue weighted by Crippen LogP contribution is 2.38. The maximum atomic E-state index is 12.1. The van der Waals surface area contributed by atoms with Gasteiger partial charge >= 0.3 is 11.9 Å². The van der Waals surface area contributed by atoms with E-state index in [0.29, 0.717) is 22.9 Å². The predicted octanol–water partition coefficient (Wildman–Crippen LogP) is 2.20. The van der Waals surface area contributed by atoms with Crippen LogP contribution < -0.4 is 4.90 Å². The molecule has 21 heavy (non-hydrogen) atoms. The zero-order valence-corrected chi connectivity index (χ0v) is 12.9. The Morgan fingerprint density at radius 3 is 2.81 bits per heavy atom. The fourth-order valence-electron chi connectivity index (χ4n) is 2.33. The van der Waals surface area contributed by atoms with Crippen LogP contribution >= 0.6 is 15.9 Å². The molecule has 0 atom stereocenters. The van der Waals surface area contributed by atoms with Gasteiger partial charge in [0, 0.05) is 17.1 Å². The number of nitro groups is 1. The van der Waals surface area contributed by atoms with Crippen LogP contribution in [-0.4, -0.2) is 30.0 Å². The van der Waals surface area contributed by atoms with E-state index in [2.05, 4.69) is 20.7 Å². The molecule has 0 radical (unpaired) electrons. The Kier molecular flexibility index (Phi) is 4.56. The molecule has 1 heterocycles. The van der Waals surface area contributed by atoms with Gasteiger partial charge in [-0.05, 0) is 31.4 Å². The Bertz CT molecular complexity index is 617.